The van der Waals surface area contributed by atoms with Crippen molar-refractivity contribution in [3.63, 3.8) is 0 Å². The van der Waals surface area contributed by atoms with Gasteiger partial charge in [0.15, 0.2) is 6.17 Å². The van der Waals surface area contributed by atoms with E-state index in [1.165, 1.54) is 0 Å². The summed E-state index contributed by atoms with van der Waals surface area (Å²) in [5, 5.41) is 3.30. The van der Waals surface area contributed by atoms with Gasteiger partial charge in [-0.2, -0.15) is 0 Å². The van der Waals surface area contributed by atoms with Gasteiger partial charge in [0, 0.05) is 12.3 Å². The quantitative estimate of drug-likeness (QED) is 0.804. The summed E-state index contributed by atoms with van der Waals surface area (Å²) in [5.74, 6) is 1.17. The summed E-state index contributed by atoms with van der Waals surface area (Å²) in [6.45, 7) is 9.53. The molecule has 0 saturated carbocycles. The Balaban J connectivity index is 2.23. The average Bonchev–Trinajstić information content (AvgIpc) is 2.76. The lowest BCUT2D eigenvalue weighted by Gasteiger charge is -2.45. The van der Waals surface area contributed by atoms with Gasteiger partial charge in [0.2, 0.25) is 5.91 Å². The van der Waals surface area contributed by atoms with Crippen LogP contribution >= 0.6 is 0 Å². The molecule has 2 heterocycles. The standard InChI is InChI=1S/C19H34N2O2/c1-14(2)13-16-9-8-10-17(20-19(16)23)21(15(3)4)12-7-5-6-11-18(21)22/h14-17H,5-13H2,1-4H3/p+1. The van der Waals surface area contributed by atoms with E-state index in [0.29, 0.717) is 22.7 Å². The molecule has 0 aromatic rings. The number of amides is 2. The fourth-order valence-electron chi connectivity index (χ4n) is 4.58. The molecule has 23 heavy (non-hydrogen) atoms. The first kappa shape index (κ1) is 18.4. The Labute approximate surface area is 141 Å². The second kappa shape index (κ2) is 7.78. The highest BCUT2D eigenvalue weighted by atomic mass is 16.2. The van der Waals surface area contributed by atoms with E-state index in [4.69, 9.17) is 0 Å². The van der Waals surface area contributed by atoms with Gasteiger partial charge in [-0.3, -0.25) is 4.79 Å². The fourth-order valence-corrected chi connectivity index (χ4v) is 4.58. The minimum Gasteiger partial charge on any atom is -0.306 e. The van der Waals surface area contributed by atoms with Gasteiger partial charge in [0.1, 0.15) is 0 Å². The summed E-state index contributed by atoms with van der Waals surface area (Å²) in [4.78, 5) is 25.7. The smallest absolute Gasteiger partial charge is 0.306 e. The summed E-state index contributed by atoms with van der Waals surface area (Å²) in [5.41, 5.74) is 0. The third-order valence-electron chi connectivity index (χ3n) is 5.83. The van der Waals surface area contributed by atoms with Gasteiger partial charge in [-0.25, -0.2) is 9.28 Å². The molecular weight excluding hydrogens is 288 g/mol. The molecule has 1 N–H and O–H groups in total. The highest BCUT2D eigenvalue weighted by Gasteiger charge is 2.48. The first-order valence-corrected chi connectivity index (χ1v) is 9.59. The number of hydrogen-bond donors (Lipinski definition) is 1. The molecule has 0 radical (unpaired) electrons. The first-order chi connectivity index (χ1) is 10.9. The zero-order chi connectivity index (χ0) is 17.0. The third-order valence-corrected chi connectivity index (χ3v) is 5.83. The maximum atomic E-state index is 13.0. The Morgan fingerprint density at radius 1 is 1.04 bits per heavy atom. The fraction of sp³-hybridized carbons (Fsp3) is 0.895. The molecule has 3 unspecified atom stereocenters. The van der Waals surface area contributed by atoms with Crippen LogP contribution in [-0.4, -0.2) is 35.0 Å². The van der Waals surface area contributed by atoms with Crippen molar-refractivity contribution >= 4 is 11.8 Å². The molecule has 0 aromatic carbocycles. The molecule has 2 rings (SSSR count). The number of nitrogens with one attached hydrogen (secondary N) is 1. The predicted octanol–water partition coefficient (Wildman–Crippen LogP) is 3.60. The Bertz CT molecular complexity index is 433. The Kier molecular flexibility index (Phi) is 6.24. The summed E-state index contributed by atoms with van der Waals surface area (Å²) in [7, 11) is 0. The summed E-state index contributed by atoms with van der Waals surface area (Å²) < 4.78 is 0.472. The topological polar surface area (TPSA) is 46.2 Å². The van der Waals surface area contributed by atoms with Crippen molar-refractivity contribution in [3.8, 4) is 0 Å². The third kappa shape index (κ3) is 3.96. The van der Waals surface area contributed by atoms with E-state index < -0.39 is 0 Å². The van der Waals surface area contributed by atoms with Crippen molar-refractivity contribution in [2.24, 2.45) is 11.8 Å². The van der Waals surface area contributed by atoms with E-state index in [9.17, 15) is 9.59 Å². The molecule has 132 valence electrons. The molecule has 0 aliphatic carbocycles. The second-order valence-electron chi connectivity index (χ2n) is 8.23. The van der Waals surface area contributed by atoms with Crippen LogP contribution in [0.25, 0.3) is 0 Å². The summed E-state index contributed by atoms with van der Waals surface area (Å²) in [6, 6.07) is 0.229. The molecule has 0 bridgehead atoms. The van der Waals surface area contributed by atoms with Crippen molar-refractivity contribution in [3.05, 3.63) is 0 Å². The van der Waals surface area contributed by atoms with Crippen LogP contribution in [-0.2, 0) is 9.59 Å². The molecule has 2 amide bonds. The predicted molar refractivity (Wildman–Crippen MR) is 92.5 cm³/mol. The number of rotatable bonds is 4. The van der Waals surface area contributed by atoms with Crippen molar-refractivity contribution in [2.45, 2.75) is 91.3 Å². The van der Waals surface area contributed by atoms with E-state index >= 15 is 0 Å². The number of carbonyl (C=O) groups is 2. The van der Waals surface area contributed by atoms with Gasteiger partial charge >= 0.3 is 5.91 Å². The van der Waals surface area contributed by atoms with Gasteiger partial charge in [-0.05, 0) is 58.3 Å². The van der Waals surface area contributed by atoms with E-state index in [1.54, 1.807) is 0 Å². The SMILES string of the molecule is CC(C)CC1CCCC([N+]2(C(C)C)CCCCCC2=O)NC1=O. The van der Waals surface area contributed by atoms with Gasteiger partial charge in [-0.15, -0.1) is 0 Å². The lowest BCUT2D eigenvalue weighted by molar-refractivity contribution is -0.902. The van der Waals surface area contributed by atoms with Crippen LogP contribution in [0.3, 0.4) is 0 Å². The summed E-state index contributed by atoms with van der Waals surface area (Å²) in [6.07, 6.45) is 7.76. The van der Waals surface area contributed by atoms with E-state index in [0.717, 1.165) is 51.5 Å². The highest BCUT2D eigenvalue weighted by Crippen LogP contribution is 2.32. The lowest BCUT2D eigenvalue weighted by atomic mass is 9.92. The van der Waals surface area contributed by atoms with E-state index in [1.807, 2.05) is 0 Å². The lowest BCUT2D eigenvalue weighted by Crippen LogP contribution is -2.68. The zero-order valence-electron chi connectivity index (χ0n) is 15.4. The van der Waals surface area contributed by atoms with Crippen molar-refractivity contribution in [1.82, 2.24) is 5.32 Å². The molecule has 0 spiro atoms. The van der Waals surface area contributed by atoms with Crippen LogP contribution in [0.4, 0.5) is 0 Å². The normalized spacial score (nSPS) is 33.5. The Morgan fingerprint density at radius 3 is 2.43 bits per heavy atom. The molecule has 0 aromatic heterocycles. The largest absolute Gasteiger partial charge is 0.315 e. The van der Waals surface area contributed by atoms with Gasteiger partial charge < -0.3 is 5.32 Å². The number of nitrogens with zero attached hydrogens (tertiary/aromatic N) is 1. The van der Waals surface area contributed by atoms with Crippen molar-refractivity contribution in [2.75, 3.05) is 6.54 Å². The summed E-state index contributed by atoms with van der Waals surface area (Å²) >= 11 is 0. The molecular formula is C19H35N2O2+. The van der Waals surface area contributed by atoms with Crippen LogP contribution in [0.2, 0.25) is 0 Å². The molecule has 4 heteroatoms. The van der Waals surface area contributed by atoms with Crippen LogP contribution in [0.5, 0.6) is 0 Å². The Morgan fingerprint density at radius 2 is 1.78 bits per heavy atom. The molecule has 2 aliphatic heterocycles. The minimum absolute atomic E-state index is 0.0229. The number of hydrogen-bond acceptors (Lipinski definition) is 2. The average molecular weight is 324 g/mol. The molecule has 2 saturated heterocycles. The van der Waals surface area contributed by atoms with Gasteiger partial charge in [0.05, 0.1) is 19.0 Å². The van der Waals surface area contributed by atoms with Crippen LogP contribution in [0.15, 0.2) is 0 Å². The number of carbonyl (C=O) groups excluding carboxylic acids is 2. The maximum Gasteiger partial charge on any atom is 0.315 e. The van der Waals surface area contributed by atoms with Crippen molar-refractivity contribution in [1.29, 1.82) is 0 Å². The molecule has 2 aliphatic rings. The van der Waals surface area contributed by atoms with Crippen LogP contribution < -0.4 is 5.32 Å². The van der Waals surface area contributed by atoms with Gasteiger partial charge in [-0.1, -0.05) is 13.8 Å². The zero-order valence-corrected chi connectivity index (χ0v) is 15.4. The Hall–Kier alpha value is -0.900. The van der Waals surface area contributed by atoms with Crippen molar-refractivity contribution < 1.29 is 14.1 Å². The van der Waals surface area contributed by atoms with Gasteiger partial charge in [0.25, 0.3) is 0 Å². The second-order valence-corrected chi connectivity index (χ2v) is 8.23. The van der Waals surface area contributed by atoms with Crippen LogP contribution in [0.1, 0.15) is 79.1 Å². The molecule has 2 fully saturated rings. The number of likely N-dealkylation sites (tertiary alicyclic amines) is 1. The van der Waals surface area contributed by atoms with Crippen LogP contribution in [0, 0.1) is 11.8 Å². The highest BCUT2D eigenvalue weighted by molar-refractivity contribution is 5.79. The molecule has 3 atom stereocenters. The monoisotopic (exact) mass is 323 g/mol. The maximum absolute atomic E-state index is 13.0. The molecule has 4 nitrogen and oxygen atoms in total. The minimum atomic E-state index is -0.0229. The first-order valence-electron chi connectivity index (χ1n) is 9.59. The van der Waals surface area contributed by atoms with E-state index in [2.05, 4.69) is 33.0 Å². The van der Waals surface area contributed by atoms with E-state index in [-0.39, 0.29) is 24.0 Å². The number of quaternary nitrogens is 1.